The molecule has 0 amide bonds. The molecule has 2 atom stereocenters. The van der Waals surface area contributed by atoms with E-state index in [4.69, 9.17) is 0 Å². The van der Waals surface area contributed by atoms with Gasteiger partial charge in [0.05, 0.1) is 17.6 Å². The minimum Gasteiger partial charge on any atom is -0.264 e. The van der Waals surface area contributed by atoms with Gasteiger partial charge in [-0.3, -0.25) is 4.98 Å². The average Bonchev–Trinajstić information content (AvgIpc) is 3.07. The Bertz CT molecular complexity index is 767. The molecule has 23 heavy (non-hydrogen) atoms. The molecule has 122 valence electrons. The van der Waals surface area contributed by atoms with Crippen LogP contribution in [0, 0.1) is 5.92 Å². The van der Waals surface area contributed by atoms with Crippen LogP contribution in [0.5, 0.6) is 0 Å². The molecule has 1 saturated carbocycles. The highest BCUT2D eigenvalue weighted by Crippen LogP contribution is 2.61. The first-order valence-electron chi connectivity index (χ1n) is 7.19. The van der Waals surface area contributed by atoms with Crippen LogP contribution in [0.3, 0.4) is 0 Å². The summed E-state index contributed by atoms with van der Waals surface area (Å²) in [6.07, 6.45) is 3.11. The smallest absolute Gasteiger partial charge is 0.260 e. The molecule has 1 fully saturated rings. The van der Waals surface area contributed by atoms with Crippen molar-refractivity contribution in [2.75, 3.05) is 5.75 Å². The summed E-state index contributed by atoms with van der Waals surface area (Å²) in [6.45, 7) is 0.0461. The highest BCUT2D eigenvalue weighted by atomic mass is 32.2. The minimum atomic E-state index is -3.79. The molecule has 7 heteroatoms. The molecule has 0 aliphatic heterocycles. The SMILES string of the molecule is O=S(=O)(C[C@H]1[C@H](c2ccccc2)C1(F)F)NCc1cccnc1. The maximum Gasteiger partial charge on any atom is 0.260 e. The molecule has 0 saturated heterocycles. The van der Waals surface area contributed by atoms with Crippen molar-refractivity contribution in [1.29, 1.82) is 0 Å². The van der Waals surface area contributed by atoms with Crippen molar-refractivity contribution < 1.29 is 17.2 Å². The van der Waals surface area contributed by atoms with Crippen molar-refractivity contribution in [3.63, 3.8) is 0 Å². The molecular formula is C16H16F2N2O2S. The molecule has 1 aliphatic rings. The van der Waals surface area contributed by atoms with Crippen LogP contribution in [0.25, 0.3) is 0 Å². The third-order valence-corrected chi connectivity index (χ3v) is 5.36. The zero-order valence-corrected chi connectivity index (χ0v) is 13.0. The Morgan fingerprint density at radius 1 is 1.13 bits per heavy atom. The van der Waals surface area contributed by atoms with E-state index < -0.39 is 33.5 Å². The number of hydrogen-bond donors (Lipinski definition) is 1. The third-order valence-electron chi connectivity index (χ3n) is 3.98. The maximum absolute atomic E-state index is 13.9. The first kappa shape index (κ1) is 16.0. The molecule has 1 aromatic carbocycles. The van der Waals surface area contributed by atoms with Gasteiger partial charge in [0.15, 0.2) is 0 Å². The number of sulfonamides is 1. The highest BCUT2D eigenvalue weighted by molar-refractivity contribution is 7.89. The number of benzene rings is 1. The Hall–Kier alpha value is -1.86. The van der Waals surface area contributed by atoms with Gasteiger partial charge in [-0.05, 0) is 17.2 Å². The van der Waals surface area contributed by atoms with Crippen LogP contribution in [0.15, 0.2) is 54.9 Å². The van der Waals surface area contributed by atoms with Crippen LogP contribution in [-0.4, -0.2) is 25.1 Å². The van der Waals surface area contributed by atoms with Crippen LogP contribution in [0.1, 0.15) is 17.0 Å². The second-order valence-corrected chi connectivity index (χ2v) is 7.48. The predicted molar refractivity (Wildman–Crippen MR) is 82.5 cm³/mol. The number of halogens is 2. The lowest BCUT2D eigenvalue weighted by molar-refractivity contribution is 0.0967. The summed E-state index contributed by atoms with van der Waals surface area (Å²) in [5, 5.41) is 0. The Labute approximate surface area is 133 Å². The number of aromatic nitrogens is 1. The highest BCUT2D eigenvalue weighted by Gasteiger charge is 2.69. The average molecular weight is 338 g/mol. The monoisotopic (exact) mass is 338 g/mol. The van der Waals surface area contributed by atoms with E-state index in [1.165, 1.54) is 6.20 Å². The molecule has 1 heterocycles. The van der Waals surface area contributed by atoms with Crippen LogP contribution >= 0.6 is 0 Å². The lowest BCUT2D eigenvalue weighted by Crippen LogP contribution is -2.27. The summed E-state index contributed by atoms with van der Waals surface area (Å²) in [4.78, 5) is 3.88. The van der Waals surface area contributed by atoms with Crippen molar-refractivity contribution in [1.82, 2.24) is 9.71 Å². The zero-order valence-electron chi connectivity index (χ0n) is 12.2. The fraction of sp³-hybridized carbons (Fsp3) is 0.312. The third kappa shape index (κ3) is 3.56. The molecule has 1 aromatic heterocycles. The molecule has 3 rings (SSSR count). The first-order chi connectivity index (χ1) is 10.9. The van der Waals surface area contributed by atoms with E-state index in [9.17, 15) is 17.2 Å². The van der Waals surface area contributed by atoms with Gasteiger partial charge < -0.3 is 0 Å². The van der Waals surface area contributed by atoms with Gasteiger partial charge in [0.1, 0.15) is 0 Å². The van der Waals surface area contributed by atoms with Crippen LogP contribution in [0.4, 0.5) is 8.78 Å². The molecule has 0 bridgehead atoms. The molecule has 0 spiro atoms. The molecule has 1 aliphatic carbocycles. The maximum atomic E-state index is 13.9. The van der Waals surface area contributed by atoms with Crippen molar-refractivity contribution in [2.45, 2.75) is 18.4 Å². The van der Waals surface area contributed by atoms with Crippen molar-refractivity contribution in [3.05, 3.63) is 66.0 Å². The molecule has 1 N–H and O–H groups in total. The van der Waals surface area contributed by atoms with Crippen molar-refractivity contribution in [2.24, 2.45) is 5.92 Å². The molecule has 2 aromatic rings. The lowest BCUT2D eigenvalue weighted by atomic mass is 10.1. The van der Waals surface area contributed by atoms with E-state index in [2.05, 4.69) is 9.71 Å². The summed E-state index contributed by atoms with van der Waals surface area (Å²) in [6, 6.07) is 11.7. The number of alkyl halides is 2. The number of hydrogen-bond acceptors (Lipinski definition) is 3. The van der Waals surface area contributed by atoms with E-state index >= 15 is 0 Å². The normalized spacial score (nSPS) is 22.7. The van der Waals surface area contributed by atoms with Gasteiger partial charge in [-0.15, -0.1) is 0 Å². The summed E-state index contributed by atoms with van der Waals surface area (Å²) in [5.74, 6) is -5.78. The minimum absolute atomic E-state index is 0.0461. The lowest BCUT2D eigenvalue weighted by Gasteiger charge is -2.06. The Kier molecular flexibility index (Phi) is 4.16. The van der Waals surface area contributed by atoms with Crippen LogP contribution in [0.2, 0.25) is 0 Å². The topological polar surface area (TPSA) is 59.1 Å². The number of rotatable bonds is 6. The second kappa shape index (κ2) is 5.98. The molecular weight excluding hydrogens is 322 g/mol. The first-order valence-corrected chi connectivity index (χ1v) is 8.84. The van der Waals surface area contributed by atoms with Crippen LogP contribution in [-0.2, 0) is 16.6 Å². The zero-order chi connectivity index (χ0) is 16.5. The fourth-order valence-electron chi connectivity index (χ4n) is 2.70. The Morgan fingerprint density at radius 2 is 1.87 bits per heavy atom. The van der Waals surface area contributed by atoms with E-state index in [1.807, 2.05) is 0 Å². The van der Waals surface area contributed by atoms with Gasteiger partial charge >= 0.3 is 0 Å². The Morgan fingerprint density at radius 3 is 2.52 bits per heavy atom. The molecule has 0 radical (unpaired) electrons. The summed E-state index contributed by atoms with van der Waals surface area (Å²) >= 11 is 0. The van der Waals surface area contributed by atoms with Gasteiger partial charge in [-0.1, -0.05) is 36.4 Å². The molecule has 4 nitrogen and oxygen atoms in total. The predicted octanol–water partition coefficient (Wildman–Crippen LogP) is 2.55. The van der Waals surface area contributed by atoms with Gasteiger partial charge in [0.25, 0.3) is 5.92 Å². The summed E-state index contributed by atoms with van der Waals surface area (Å²) in [7, 11) is -3.79. The van der Waals surface area contributed by atoms with Gasteiger partial charge in [-0.25, -0.2) is 21.9 Å². The van der Waals surface area contributed by atoms with E-state index in [1.54, 1.807) is 48.7 Å². The van der Waals surface area contributed by atoms with E-state index in [0.717, 1.165) is 0 Å². The van der Waals surface area contributed by atoms with E-state index in [-0.39, 0.29) is 6.54 Å². The van der Waals surface area contributed by atoms with Gasteiger partial charge in [0, 0.05) is 18.9 Å². The largest absolute Gasteiger partial charge is 0.264 e. The number of pyridine rings is 1. The number of nitrogens with zero attached hydrogens (tertiary/aromatic N) is 1. The Balaban J connectivity index is 1.64. The summed E-state index contributed by atoms with van der Waals surface area (Å²) in [5.41, 5.74) is 1.16. The van der Waals surface area contributed by atoms with E-state index in [0.29, 0.717) is 11.1 Å². The summed E-state index contributed by atoms with van der Waals surface area (Å²) < 4.78 is 54.3. The van der Waals surface area contributed by atoms with Gasteiger partial charge in [0.2, 0.25) is 10.0 Å². The quantitative estimate of drug-likeness (QED) is 0.881. The molecule has 0 unspecified atom stereocenters. The van der Waals surface area contributed by atoms with Crippen molar-refractivity contribution >= 4 is 10.0 Å². The van der Waals surface area contributed by atoms with Crippen molar-refractivity contribution in [3.8, 4) is 0 Å². The second-order valence-electron chi connectivity index (χ2n) is 5.63. The van der Waals surface area contributed by atoms with Gasteiger partial charge in [-0.2, -0.15) is 0 Å². The fourth-order valence-corrected chi connectivity index (χ4v) is 4.10. The standard InChI is InChI=1S/C16H16F2N2O2S/c17-16(18)14(15(16)13-6-2-1-3-7-13)11-23(21,22)20-10-12-5-4-8-19-9-12/h1-9,14-15,20H,10-11H2/t14-,15-/m0/s1. The van der Waals surface area contributed by atoms with Crippen LogP contribution < -0.4 is 4.72 Å². The number of nitrogens with one attached hydrogen (secondary N) is 1.